The van der Waals surface area contributed by atoms with E-state index in [9.17, 15) is 81.0 Å². The molecule has 0 fully saturated rings. The van der Waals surface area contributed by atoms with E-state index >= 15 is 0 Å². The van der Waals surface area contributed by atoms with Gasteiger partial charge in [0, 0.05) is 35.7 Å². The Hall–Kier alpha value is -16.0. The van der Waals surface area contributed by atoms with Gasteiger partial charge in [-0.3, -0.25) is 38.5 Å². The number of para-hydroxylation sites is 3. The van der Waals surface area contributed by atoms with Crippen LogP contribution in [0.5, 0.6) is 0 Å². The molecule has 0 saturated heterocycles. The zero-order chi connectivity index (χ0) is 102. The van der Waals surface area contributed by atoms with Gasteiger partial charge in [-0.25, -0.2) is 66.1 Å². The molecule has 141 heavy (non-hydrogen) atoms. The van der Waals surface area contributed by atoms with Crippen molar-refractivity contribution in [2.45, 2.75) is 106 Å². The van der Waals surface area contributed by atoms with Crippen LogP contribution in [-0.4, -0.2) is 120 Å². The van der Waals surface area contributed by atoms with Crippen LogP contribution in [0, 0.1) is 10.1 Å². The lowest BCUT2D eigenvalue weighted by atomic mass is 10.0. The molecule has 0 unspecified atom stereocenters. The highest BCUT2D eigenvalue weighted by Crippen LogP contribution is 2.33. The summed E-state index contributed by atoms with van der Waals surface area (Å²) in [5.74, 6) is -4.94. The van der Waals surface area contributed by atoms with Crippen LogP contribution in [0.4, 0.5) is 39.8 Å². The first-order valence-corrected chi connectivity index (χ1v) is 52.0. The van der Waals surface area contributed by atoms with Gasteiger partial charge in [0.05, 0.1) is 65.9 Å². The van der Waals surface area contributed by atoms with Crippen LogP contribution < -0.4 is 28.9 Å². The van der Waals surface area contributed by atoms with Crippen molar-refractivity contribution in [1.29, 1.82) is 0 Å². The number of amides is 1. The summed E-state index contributed by atoms with van der Waals surface area (Å²) >= 11 is 0. The van der Waals surface area contributed by atoms with Crippen LogP contribution in [0.1, 0.15) is 134 Å². The third kappa shape index (κ3) is 35.5. The maximum absolute atomic E-state index is 12.7. The molecule has 11 N–H and O–H groups in total. The molecule has 730 valence electrons. The molecule has 2 aliphatic rings. The zero-order valence-electron chi connectivity index (χ0n) is 76.7. The number of sulfonamides is 5. The maximum Gasteiger partial charge on any atom is 0.335 e. The fourth-order valence-electron chi connectivity index (χ4n) is 14.2. The Morgan fingerprint density at radius 1 is 0.305 bits per heavy atom. The smallest absolute Gasteiger partial charge is 0.335 e. The average Bonchev–Trinajstić information content (AvgIpc) is 1.69. The lowest BCUT2D eigenvalue weighted by Crippen LogP contribution is -2.16. The zero-order valence-corrected chi connectivity index (χ0v) is 80.8. The Bertz CT molecular complexity index is 7400. The second-order valence-electron chi connectivity index (χ2n) is 32.2. The normalized spacial score (nSPS) is 11.1. The number of anilines is 6. The minimum atomic E-state index is -4.14. The Morgan fingerprint density at radius 3 is 0.965 bits per heavy atom. The summed E-state index contributed by atoms with van der Waals surface area (Å²) in [6.07, 6.45) is 8.77. The van der Waals surface area contributed by atoms with Gasteiger partial charge in [-0.05, 0) is 295 Å². The molecule has 2 aliphatic carbocycles. The number of carbonyl (C=O) groups excluding carboxylic acids is 1. The Labute approximate surface area is 818 Å². The third-order valence-corrected chi connectivity index (χ3v) is 27.4. The molecule has 0 bridgehead atoms. The van der Waals surface area contributed by atoms with E-state index < -0.39 is 95.5 Å². The highest BCUT2D eigenvalue weighted by Gasteiger charge is 2.26. The van der Waals surface area contributed by atoms with Crippen LogP contribution in [0.25, 0.3) is 11.1 Å². The molecule has 0 radical (unpaired) electrons. The molecule has 0 aliphatic heterocycles. The van der Waals surface area contributed by atoms with Gasteiger partial charge in [0.15, 0.2) is 4.90 Å². The molecule has 0 spiro atoms. The van der Waals surface area contributed by atoms with E-state index in [4.69, 9.17) is 25.5 Å². The number of unbranched alkanes of at least 4 members (excludes halogenated alkanes) is 1. The summed E-state index contributed by atoms with van der Waals surface area (Å²) in [4.78, 5) is 76.6. The number of aromatic carboxylic acids is 5. The van der Waals surface area contributed by atoms with Crippen molar-refractivity contribution in [2.24, 2.45) is 0 Å². The number of carbonyl (C=O) groups is 6. The molecule has 13 aromatic rings. The van der Waals surface area contributed by atoms with Crippen molar-refractivity contribution in [3.63, 3.8) is 0 Å². The van der Waals surface area contributed by atoms with Gasteiger partial charge in [-0.1, -0.05) is 195 Å². The van der Waals surface area contributed by atoms with Crippen LogP contribution >= 0.6 is 0 Å². The molecule has 0 heterocycles. The standard InChI is InChI=1S/C23H22N2O5S.C21H18N2O6S.C21H19NO4S.C19H23NO4S.C16H17NO4S.C6H4/c1-16(26)24-20-10-12-22(13-11-20)31(29,30)25-21-7-3-5-18(15-21)9-8-17-4-2-6-19(14-17)23(27)28;24-21(25)17-7-3-5-15(13-17)11-12-16-6-4-8-18(14-16)22-30(28,29)20-10-2-1-9-19(20)23(26)27;23-21(24)18-9-6-7-16(15-18)13-14-17-8-4-5-12-20(17)22-27(25,26)19-10-2-1-3-11-19;1-2-3-12-25(23,24)20-18-9-5-7-16(14-18)11-10-15-6-4-8-17(13-15)19(21)22;1-22(20,21)17-15-8-3-2-6-13(15)10-9-12-5-4-7-14(11-12)16(18)19;1-2-5-4-6(5)3-1/h2-7,10-15,25H,8-9H2,1H3,(H,24,26)(H,27,28);1-10,13-14,22H,11-12H2,(H,24,25);1-12,15,22H,13-14H2,(H,23,24);4-9,13-14,20H,2-3,10-12H2,1H3,(H,21,22);2-8,11,17H,9-10H2,1H3,(H,18,19);1-4H. The number of hydrogen-bond acceptors (Lipinski definition) is 18. The number of aryl methyl sites for hydroxylation is 10. The number of rotatable bonds is 38. The lowest BCUT2D eigenvalue weighted by Gasteiger charge is -2.13. The summed E-state index contributed by atoms with van der Waals surface area (Å²) in [6, 6.07) is 97.0. The molecule has 13 aromatic carbocycles. The fraction of sp³-hybridized carbons (Fsp3) is 0.151. The Kier molecular flexibility index (Phi) is 38.7. The molecule has 0 atom stereocenters. The van der Waals surface area contributed by atoms with Gasteiger partial charge in [0.2, 0.25) is 26.0 Å². The van der Waals surface area contributed by atoms with Crippen molar-refractivity contribution >= 4 is 126 Å². The number of nitro benzene ring substituents is 1. The van der Waals surface area contributed by atoms with E-state index in [1.807, 2.05) is 91.9 Å². The van der Waals surface area contributed by atoms with Crippen molar-refractivity contribution in [3.05, 3.63) is 439 Å². The van der Waals surface area contributed by atoms with Gasteiger partial charge in [-0.2, -0.15) is 0 Å². The van der Waals surface area contributed by atoms with Crippen molar-refractivity contribution < 1.29 is 101 Å². The maximum atomic E-state index is 12.7. The predicted molar refractivity (Wildman–Crippen MR) is 545 cm³/mol. The van der Waals surface area contributed by atoms with E-state index in [1.54, 1.807) is 182 Å². The molecule has 15 rings (SSSR count). The summed E-state index contributed by atoms with van der Waals surface area (Å²) in [5, 5.41) is 59.0. The van der Waals surface area contributed by atoms with Crippen LogP contribution in [-0.2, 0) is 119 Å². The lowest BCUT2D eigenvalue weighted by molar-refractivity contribution is -0.387. The van der Waals surface area contributed by atoms with E-state index in [2.05, 4.69) is 53.2 Å². The predicted octanol–water partition coefficient (Wildman–Crippen LogP) is 19.7. The van der Waals surface area contributed by atoms with Crippen molar-refractivity contribution in [3.8, 4) is 11.1 Å². The van der Waals surface area contributed by atoms with Gasteiger partial charge in [0.1, 0.15) is 0 Å². The molecule has 0 aromatic heterocycles. The van der Waals surface area contributed by atoms with E-state index in [-0.39, 0.29) is 55.0 Å². The van der Waals surface area contributed by atoms with Crippen LogP contribution in [0.3, 0.4) is 0 Å². The van der Waals surface area contributed by atoms with Crippen LogP contribution in [0.2, 0.25) is 0 Å². The number of carboxylic acid groups (broad SMARTS) is 5. The van der Waals surface area contributed by atoms with E-state index in [0.29, 0.717) is 99.1 Å². The topological polar surface area (TPSA) is 490 Å². The quantitative estimate of drug-likeness (QED) is 0.0126. The highest BCUT2D eigenvalue weighted by atomic mass is 32.2. The monoisotopic (exact) mass is 2000 g/mol. The average molecular weight is 2000 g/mol. The second kappa shape index (κ2) is 50.9. The Balaban J connectivity index is 0.000000179. The number of carboxylic acids is 5. The minimum Gasteiger partial charge on any atom is -0.478 e. The molecule has 35 heteroatoms. The van der Waals surface area contributed by atoms with Gasteiger partial charge in [0.25, 0.3) is 35.8 Å². The van der Waals surface area contributed by atoms with E-state index in [0.717, 1.165) is 74.4 Å². The summed E-state index contributed by atoms with van der Waals surface area (Å²) in [6.45, 7) is 3.33. The number of nitrogens with one attached hydrogen (secondary N) is 6. The first-order chi connectivity index (χ1) is 67.1. The molecule has 0 saturated carbocycles. The number of benzene rings is 14. The largest absolute Gasteiger partial charge is 0.478 e. The number of nitrogens with zero attached hydrogens (tertiary/aromatic N) is 1. The minimum absolute atomic E-state index is 0.0810. The van der Waals surface area contributed by atoms with Gasteiger partial charge in [-0.15, -0.1) is 0 Å². The Morgan fingerprint density at radius 2 is 0.617 bits per heavy atom. The summed E-state index contributed by atoms with van der Waals surface area (Å²) < 4.78 is 135. The number of nitro groups is 1. The van der Waals surface area contributed by atoms with Crippen molar-refractivity contribution in [1.82, 2.24) is 0 Å². The molecular formula is C106H103N7O23S5. The van der Waals surface area contributed by atoms with Gasteiger partial charge >= 0.3 is 29.8 Å². The second-order valence-corrected chi connectivity index (χ2v) is 40.8. The van der Waals surface area contributed by atoms with Crippen LogP contribution in [0.15, 0.2) is 360 Å². The first kappa shape index (κ1) is 107. The number of fused-ring (bicyclic) bond motifs is 1. The summed E-state index contributed by atoms with van der Waals surface area (Å²) in [7, 11) is -18.2. The highest BCUT2D eigenvalue weighted by molar-refractivity contribution is 7.93. The summed E-state index contributed by atoms with van der Waals surface area (Å²) in [5.41, 5.74) is 15.4. The SMILES string of the molecule is CC(=O)Nc1ccc(S(=O)(=O)Nc2cccc(CCc3cccc(C(=O)O)c3)c2)cc1.CCCCS(=O)(=O)Nc1cccc(CCc2cccc(C(=O)O)c2)c1.CS(=O)(=O)Nc1ccccc1CCc1cccc(C(=O)O)c1.O=C(O)c1cccc(CCc2cccc(NS(=O)(=O)c3ccccc3[N+](=O)[O-])c2)c1.O=C(O)c1cccc(CCc2ccccc2NS(=O)(=O)c2ccccc2)c1.c1cc2cc-2c1. The molecular weight excluding hydrogens is 1900 g/mol. The van der Waals surface area contributed by atoms with Gasteiger partial charge < -0.3 is 30.8 Å². The molecule has 1 amide bonds. The number of hydrogen-bond donors (Lipinski definition) is 11. The fourth-order valence-corrected chi connectivity index (χ4v) is 19.4. The van der Waals surface area contributed by atoms with E-state index in [1.165, 1.54) is 66.6 Å². The van der Waals surface area contributed by atoms with Crippen molar-refractivity contribution in [2.75, 3.05) is 40.9 Å². The first-order valence-electron chi connectivity index (χ1n) is 44.0. The molecule has 30 nitrogen and oxygen atoms in total. The third-order valence-electron chi connectivity index (χ3n) is 21.2.